The average Bonchev–Trinajstić information content (AvgIpc) is 3.03. The third-order valence-electron chi connectivity index (χ3n) is 6.88. The zero-order chi connectivity index (χ0) is 26.3. The summed E-state index contributed by atoms with van der Waals surface area (Å²) in [5.74, 6) is 0. The Balaban J connectivity index is 1.54. The molecule has 0 N–H and O–H groups in total. The highest BCUT2D eigenvalue weighted by atomic mass is 15.1. The van der Waals surface area contributed by atoms with Crippen LogP contribution in [0.25, 0.3) is 11.1 Å². The molecule has 0 fully saturated rings. The van der Waals surface area contributed by atoms with Crippen molar-refractivity contribution in [2.45, 2.75) is 0 Å². The molecule has 0 spiro atoms. The van der Waals surface area contributed by atoms with Crippen molar-refractivity contribution in [3.05, 3.63) is 198 Å². The Hall–Kier alpha value is -5.14. The smallest absolute Gasteiger partial charge is 0.0462 e. The van der Waals surface area contributed by atoms with E-state index in [1.807, 2.05) is 0 Å². The van der Waals surface area contributed by atoms with Crippen LogP contribution in [0.15, 0.2) is 176 Å². The Labute approximate surface area is 231 Å². The van der Waals surface area contributed by atoms with Gasteiger partial charge in [-0.25, -0.2) is 0 Å². The second-order valence-corrected chi connectivity index (χ2v) is 9.40. The van der Waals surface area contributed by atoms with Gasteiger partial charge in [0, 0.05) is 17.1 Å². The van der Waals surface area contributed by atoms with Gasteiger partial charge in [-0.15, -0.1) is 0 Å². The van der Waals surface area contributed by atoms with Gasteiger partial charge < -0.3 is 4.90 Å². The molecule has 0 bridgehead atoms. The lowest BCUT2D eigenvalue weighted by Gasteiger charge is -2.26. The van der Waals surface area contributed by atoms with Crippen molar-refractivity contribution in [3.8, 4) is 0 Å². The van der Waals surface area contributed by atoms with Crippen LogP contribution in [0.3, 0.4) is 0 Å². The topological polar surface area (TPSA) is 3.24 Å². The molecule has 1 heteroatoms. The van der Waals surface area contributed by atoms with Crippen molar-refractivity contribution in [3.63, 3.8) is 0 Å². The SMILES string of the molecule is c1ccc(C(=C(c2ccccc2)c2ccc(N(c3ccccc3)c3ccccc3)cc2)c2ccccc2)cc1. The van der Waals surface area contributed by atoms with Crippen LogP contribution in [0.2, 0.25) is 0 Å². The first-order valence-electron chi connectivity index (χ1n) is 13.3. The Bertz CT molecular complexity index is 1560. The zero-order valence-electron chi connectivity index (χ0n) is 21.7. The highest BCUT2D eigenvalue weighted by Gasteiger charge is 2.17. The fourth-order valence-electron chi connectivity index (χ4n) is 5.10. The Morgan fingerprint density at radius 3 is 0.846 bits per heavy atom. The van der Waals surface area contributed by atoms with Crippen LogP contribution in [0.1, 0.15) is 22.3 Å². The lowest BCUT2D eigenvalue weighted by atomic mass is 9.86. The molecule has 0 aliphatic heterocycles. The number of hydrogen-bond donors (Lipinski definition) is 0. The number of nitrogens with zero attached hydrogens (tertiary/aromatic N) is 1. The maximum Gasteiger partial charge on any atom is 0.0462 e. The molecule has 6 aromatic carbocycles. The number of benzene rings is 6. The van der Waals surface area contributed by atoms with Gasteiger partial charge >= 0.3 is 0 Å². The van der Waals surface area contributed by atoms with Gasteiger partial charge in [0.1, 0.15) is 0 Å². The van der Waals surface area contributed by atoms with E-state index in [9.17, 15) is 0 Å². The van der Waals surface area contributed by atoms with E-state index in [-0.39, 0.29) is 0 Å². The zero-order valence-corrected chi connectivity index (χ0v) is 21.7. The minimum absolute atomic E-state index is 1.12. The molecule has 0 aromatic heterocycles. The second kappa shape index (κ2) is 11.5. The molecule has 0 aliphatic rings. The first-order chi connectivity index (χ1) is 19.4. The highest BCUT2D eigenvalue weighted by Crippen LogP contribution is 2.39. The van der Waals surface area contributed by atoms with Crippen molar-refractivity contribution in [2.75, 3.05) is 4.90 Å². The summed E-state index contributed by atoms with van der Waals surface area (Å²) in [7, 11) is 0. The van der Waals surface area contributed by atoms with Gasteiger partial charge in [0.25, 0.3) is 0 Å². The van der Waals surface area contributed by atoms with E-state index in [4.69, 9.17) is 0 Å². The normalized spacial score (nSPS) is 10.6. The van der Waals surface area contributed by atoms with Gasteiger partial charge in [-0.05, 0) is 69.8 Å². The summed E-state index contributed by atoms with van der Waals surface area (Å²) in [6.45, 7) is 0. The molecule has 0 unspecified atom stereocenters. The molecular weight excluding hydrogens is 470 g/mol. The fraction of sp³-hybridized carbons (Fsp3) is 0. The van der Waals surface area contributed by atoms with E-state index in [0.717, 1.165) is 17.1 Å². The average molecular weight is 500 g/mol. The van der Waals surface area contributed by atoms with Crippen LogP contribution >= 0.6 is 0 Å². The molecule has 0 amide bonds. The Kier molecular flexibility index (Phi) is 7.14. The molecule has 6 rings (SSSR count). The molecular formula is C38H29N. The number of hydrogen-bond acceptors (Lipinski definition) is 1. The minimum atomic E-state index is 1.12. The number of rotatable bonds is 7. The van der Waals surface area contributed by atoms with Crippen LogP contribution in [-0.4, -0.2) is 0 Å². The molecule has 0 saturated heterocycles. The molecule has 186 valence electrons. The predicted octanol–water partition coefficient (Wildman–Crippen LogP) is 10.2. The van der Waals surface area contributed by atoms with E-state index in [0.29, 0.717) is 0 Å². The van der Waals surface area contributed by atoms with E-state index in [1.54, 1.807) is 0 Å². The standard InChI is InChI=1S/C38H29N/c1-6-16-30(17-7-1)37(31-18-8-2-9-19-31)38(32-20-10-3-11-21-32)33-26-28-36(29-27-33)39(34-22-12-4-13-23-34)35-24-14-5-15-25-35/h1-29H. The predicted molar refractivity (Wildman–Crippen MR) is 165 cm³/mol. The van der Waals surface area contributed by atoms with Crippen LogP contribution in [0.4, 0.5) is 17.1 Å². The molecule has 1 nitrogen and oxygen atoms in total. The maximum atomic E-state index is 2.30. The van der Waals surface area contributed by atoms with E-state index < -0.39 is 0 Å². The number of para-hydroxylation sites is 2. The highest BCUT2D eigenvalue weighted by molar-refractivity contribution is 6.04. The molecule has 0 radical (unpaired) electrons. The van der Waals surface area contributed by atoms with Crippen molar-refractivity contribution in [1.29, 1.82) is 0 Å². The molecule has 0 heterocycles. The summed E-state index contributed by atoms with van der Waals surface area (Å²) in [5, 5.41) is 0. The largest absolute Gasteiger partial charge is 0.311 e. The summed E-state index contributed by atoms with van der Waals surface area (Å²) in [6, 6.07) is 62.1. The van der Waals surface area contributed by atoms with Gasteiger partial charge in [0.2, 0.25) is 0 Å². The van der Waals surface area contributed by atoms with E-state index in [2.05, 4.69) is 181 Å². The summed E-state index contributed by atoms with van der Waals surface area (Å²) in [6.07, 6.45) is 0. The third kappa shape index (κ3) is 5.30. The first kappa shape index (κ1) is 24.2. The number of anilines is 3. The summed E-state index contributed by atoms with van der Waals surface area (Å²) in [5.41, 5.74) is 10.6. The van der Waals surface area contributed by atoms with Crippen molar-refractivity contribution in [2.24, 2.45) is 0 Å². The Morgan fingerprint density at radius 2 is 0.513 bits per heavy atom. The lowest BCUT2D eigenvalue weighted by Crippen LogP contribution is -2.09. The van der Waals surface area contributed by atoms with Crippen molar-refractivity contribution < 1.29 is 0 Å². The van der Waals surface area contributed by atoms with Gasteiger partial charge in [0.15, 0.2) is 0 Å². The van der Waals surface area contributed by atoms with Crippen molar-refractivity contribution in [1.82, 2.24) is 0 Å². The molecule has 0 saturated carbocycles. The third-order valence-corrected chi connectivity index (χ3v) is 6.88. The van der Waals surface area contributed by atoms with Crippen LogP contribution < -0.4 is 4.90 Å². The van der Waals surface area contributed by atoms with Gasteiger partial charge in [-0.3, -0.25) is 0 Å². The summed E-state index contributed by atoms with van der Waals surface area (Å²) in [4.78, 5) is 2.30. The van der Waals surface area contributed by atoms with E-state index in [1.165, 1.54) is 33.4 Å². The minimum Gasteiger partial charge on any atom is -0.311 e. The molecule has 39 heavy (non-hydrogen) atoms. The lowest BCUT2D eigenvalue weighted by molar-refractivity contribution is 1.28. The van der Waals surface area contributed by atoms with Crippen LogP contribution in [0.5, 0.6) is 0 Å². The summed E-state index contributed by atoms with van der Waals surface area (Å²) < 4.78 is 0. The quantitative estimate of drug-likeness (QED) is 0.198. The van der Waals surface area contributed by atoms with Crippen LogP contribution in [0, 0.1) is 0 Å². The summed E-state index contributed by atoms with van der Waals surface area (Å²) >= 11 is 0. The van der Waals surface area contributed by atoms with Gasteiger partial charge in [-0.2, -0.15) is 0 Å². The monoisotopic (exact) mass is 499 g/mol. The second-order valence-electron chi connectivity index (χ2n) is 9.40. The fourth-order valence-corrected chi connectivity index (χ4v) is 5.10. The van der Waals surface area contributed by atoms with Gasteiger partial charge in [-0.1, -0.05) is 140 Å². The van der Waals surface area contributed by atoms with E-state index >= 15 is 0 Å². The van der Waals surface area contributed by atoms with Crippen molar-refractivity contribution >= 4 is 28.2 Å². The molecule has 0 aliphatic carbocycles. The van der Waals surface area contributed by atoms with Gasteiger partial charge in [0.05, 0.1) is 0 Å². The first-order valence-corrected chi connectivity index (χ1v) is 13.3. The van der Waals surface area contributed by atoms with Crippen LogP contribution in [-0.2, 0) is 0 Å². The molecule has 6 aromatic rings. The maximum absolute atomic E-state index is 2.30. The Morgan fingerprint density at radius 1 is 0.256 bits per heavy atom. The molecule has 0 atom stereocenters.